The quantitative estimate of drug-likeness (QED) is 0.483. The van der Waals surface area contributed by atoms with Gasteiger partial charge < -0.3 is 23.4 Å². The summed E-state index contributed by atoms with van der Waals surface area (Å²) in [6.07, 6.45) is 7.43. The van der Waals surface area contributed by atoms with Crippen molar-refractivity contribution in [1.82, 2.24) is 0 Å². The largest absolute Gasteiger partial charge is 0.756 e. The molecule has 140 valence electrons. The Kier molecular flexibility index (Phi) is 6.25. The van der Waals surface area contributed by atoms with E-state index in [1.54, 1.807) is 7.11 Å². The van der Waals surface area contributed by atoms with E-state index in [1.807, 2.05) is 35.2 Å². The number of phosphoric ester groups is 1. The molecule has 1 saturated carbocycles. The molecular weight excluding hydrogens is 345 g/mol. The Balaban J connectivity index is 1.48. The number of aromatic nitrogens is 1. The molecule has 1 unspecified atom stereocenters. The zero-order chi connectivity index (χ0) is 17.8. The van der Waals surface area contributed by atoms with Crippen LogP contribution in [0.5, 0.6) is 0 Å². The van der Waals surface area contributed by atoms with E-state index < -0.39 is 7.82 Å². The van der Waals surface area contributed by atoms with Gasteiger partial charge in [0.1, 0.15) is 6.61 Å². The summed E-state index contributed by atoms with van der Waals surface area (Å²) in [6, 6.07) is 5.66. The zero-order valence-electron chi connectivity index (χ0n) is 14.5. The number of methoxy groups -OCH3 is 1. The average Bonchev–Trinajstić information content (AvgIpc) is 3.11. The predicted octanol–water partition coefficient (Wildman–Crippen LogP) is 1.45. The molecule has 2 fully saturated rings. The smallest absolute Gasteiger partial charge is 0.268 e. The maximum Gasteiger partial charge on any atom is 0.268 e. The first-order valence-electron chi connectivity index (χ1n) is 8.72. The van der Waals surface area contributed by atoms with Crippen LogP contribution in [0.25, 0.3) is 0 Å². The van der Waals surface area contributed by atoms with E-state index in [4.69, 9.17) is 18.5 Å². The standard InChI is InChI=1S/C17H26NO6P/c1-21-13-15-12-17(7-5-6-16(17)24-15)14-23-25(19,20)22-11-10-18-8-3-2-4-9-18/h2-4,8-9,15-16H,5-7,10-14H2,1H3/t15-,16-,17-/m0/s1. The first-order chi connectivity index (χ1) is 12.0. The molecule has 0 bridgehead atoms. The Labute approximate surface area is 148 Å². The van der Waals surface area contributed by atoms with Crippen LogP contribution in [-0.4, -0.2) is 39.1 Å². The Morgan fingerprint density at radius 3 is 2.88 bits per heavy atom. The van der Waals surface area contributed by atoms with E-state index >= 15 is 0 Å². The minimum Gasteiger partial charge on any atom is -0.756 e. The second-order valence-corrected chi connectivity index (χ2v) is 8.24. The molecule has 3 rings (SSSR count). The van der Waals surface area contributed by atoms with Gasteiger partial charge in [-0.15, -0.1) is 0 Å². The van der Waals surface area contributed by atoms with E-state index in [0.717, 1.165) is 25.7 Å². The fraction of sp³-hybridized carbons (Fsp3) is 0.706. The van der Waals surface area contributed by atoms with Gasteiger partial charge in [0.2, 0.25) is 0 Å². The van der Waals surface area contributed by atoms with Crippen LogP contribution in [0.2, 0.25) is 0 Å². The number of rotatable bonds is 9. The molecule has 8 heteroatoms. The molecular formula is C17H26NO6P. The molecule has 7 nitrogen and oxygen atoms in total. The lowest BCUT2D eigenvalue weighted by Gasteiger charge is -2.31. The number of nitrogens with zero attached hydrogens (tertiary/aromatic N) is 1. The molecule has 1 aromatic heterocycles. The summed E-state index contributed by atoms with van der Waals surface area (Å²) in [5, 5.41) is 0. The van der Waals surface area contributed by atoms with Crippen LogP contribution in [0.1, 0.15) is 25.7 Å². The summed E-state index contributed by atoms with van der Waals surface area (Å²) < 4.78 is 35.3. The highest BCUT2D eigenvalue weighted by Crippen LogP contribution is 2.52. The molecule has 25 heavy (non-hydrogen) atoms. The lowest BCUT2D eigenvalue weighted by Crippen LogP contribution is -2.35. The van der Waals surface area contributed by atoms with Gasteiger partial charge in [-0.1, -0.05) is 12.5 Å². The summed E-state index contributed by atoms with van der Waals surface area (Å²) in [7, 11) is -2.68. The van der Waals surface area contributed by atoms with E-state index in [2.05, 4.69) is 0 Å². The van der Waals surface area contributed by atoms with Crippen molar-refractivity contribution in [2.45, 2.75) is 44.4 Å². The Bertz CT molecular complexity index is 600. The van der Waals surface area contributed by atoms with Crippen molar-refractivity contribution < 1.29 is 32.5 Å². The molecule has 0 N–H and O–H groups in total. The molecule has 1 aliphatic heterocycles. The SMILES string of the molecule is COC[C@@H]1C[C@]2(COP(=O)([O-])OCC[n+]3ccccc3)CCC[C@@H]2O1. The highest BCUT2D eigenvalue weighted by molar-refractivity contribution is 7.45. The van der Waals surface area contributed by atoms with Crippen molar-refractivity contribution in [3.63, 3.8) is 0 Å². The van der Waals surface area contributed by atoms with Crippen molar-refractivity contribution >= 4 is 7.82 Å². The highest BCUT2D eigenvalue weighted by atomic mass is 31.2. The molecule has 0 amide bonds. The topological polar surface area (TPSA) is 80.9 Å². The lowest BCUT2D eigenvalue weighted by atomic mass is 9.82. The van der Waals surface area contributed by atoms with Crippen molar-refractivity contribution in [3.05, 3.63) is 30.6 Å². The lowest BCUT2D eigenvalue weighted by molar-refractivity contribution is -0.697. The Morgan fingerprint density at radius 2 is 2.12 bits per heavy atom. The third-order valence-electron chi connectivity index (χ3n) is 5.05. The third-order valence-corrected chi connectivity index (χ3v) is 6.00. The molecule has 4 atom stereocenters. The minimum atomic E-state index is -4.32. The molecule has 0 aromatic carbocycles. The van der Waals surface area contributed by atoms with Crippen molar-refractivity contribution in [1.29, 1.82) is 0 Å². The van der Waals surface area contributed by atoms with Gasteiger partial charge >= 0.3 is 0 Å². The van der Waals surface area contributed by atoms with Crippen LogP contribution in [0, 0.1) is 5.41 Å². The van der Waals surface area contributed by atoms with Gasteiger partial charge in [0.05, 0.1) is 25.4 Å². The predicted molar refractivity (Wildman–Crippen MR) is 87.6 cm³/mol. The first kappa shape index (κ1) is 19.0. The summed E-state index contributed by atoms with van der Waals surface area (Å²) in [5.41, 5.74) is -0.235. The summed E-state index contributed by atoms with van der Waals surface area (Å²) in [5.74, 6) is 0. The van der Waals surface area contributed by atoms with Gasteiger partial charge in [-0.2, -0.15) is 0 Å². The first-order valence-corrected chi connectivity index (χ1v) is 10.2. The third kappa shape index (κ3) is 4.88. The second-order valence-electron chi connectivity index (χ2n) is 6.83. The molecule has 0 radical (unpaired) electrons. The van der Waals surface area contributed by atoms with Gasteiger partial charge in [-0.25, -0.2) is 4.57 Å². The van der Waals surface area contributed by atoms with Gasteiger partial charge in [0.15, 0.2) is 18.9 Å². The van der Waals surface area contributed by atoms with E-state index in [1.165, 1.54) is 0 Å². The summed E-state index contributed by atoms with van der Waals surface area (Å²) >= 11 is 0. The van der Waals surface area contributed by atoms with Crippen molar-refractivity contribution in [2.24, 2.45) is 5.41 Å². The fourth-order valence-corrected chi connectivity index (χ4v) is 4.68. The Morgan fingerprint density at radius 1 is 1.32 bits per heavy atom. The monoisotopic (exact) mass is 371 g/mol. The summed E-state index contributed by atoms with van der Waals surface area (Å²) in [6.45, 7) is 1.15. The average molecular weight is 371 g/mol. The second kappa shape index (κ2) is 8.25. The van der Waals surface area contributed by atoms with Crippen LogP contribution in [0.4, 0.5) is 0 Å². The van der Waals surface area contributed by atoms with Crippen molar-refractivity contribution in [2.75, 3.05) is 26.9 Å². The molecule has 1 aromatic rings. The number of pyridine rings is 1. The summed E-state index contributed by atoms with van der Waals surface area (Å²) in [4.78, 5) is 12.1. The number of phosphoric acid groups is 1. The van der Waals surface area contributed by atoms with Crippen LogP contribution < -0.4 is 9.46 Å². The van der Waals surface area contributed by atoms with Gasteiger partial charge in [-0.3, -0.25) is 4.57 Å². The molecule has 2 heterocycles. The number of hydrogen-bond acceptors (Lipinski definition) is 6. The number of fused-ring (bicyclic) bond motifs is 1. The maximum absolute atomic E-state index is 12.1. The molecule has 1 aliphatic carbocycles. The minimum absolute atomic E-state index is 0.0142. The number of hydrogen-bond donors (Lipinski definition) is 0. The molecule has 2 aliphatic rings. The maximum atomic E-state index is 12.1. The van der Waals surface area contributed by atoms with Crippen LogP contribution in [-0.2, 0) is 29.6 Å². The molecule has 1 saturated heterocycles. The van der Waals surface area contributed by atoms with Gasteiger partial charge in [0.25, 0.3) is 7.82 Å². The van der Waals surface area contributed by atoms with E-state index in [-0.39, 0.29) is 30.8 Å². The van der Waals surface area contributed by atoms with Gasteiger partial charge in [0, 0.05) is 24.7 Å². The fourth-order valence-electron chi connectivity index (χ4n) is 3.88. The van der Waals surface area contributed by atoms with E-state index in [0.29, 0.717) is 13.2 Å². The highest BCUT2D eigenvalue weighted by Gasteiger charge is 2.51. The normalized spacial score (nSPS) is 31.0. The van der Waals surface area contributed by atoms with Crippen molar-refractivity contribution in [3.8, 4) is 0 Å². The van der Waals surface area contributed by atoms with Crippen LogP contribution in [0.15, 0.2) is 30.6 Å². The van der Waals surface area contributed by atoms with Gasteiger partial charge in [-0.05, 0) is 19.3 Å². The van der Waals surface area contributed by atoms with Crippen LogP contribution in [0.3, 0.4) is 0 Å². The number of ether oxygens (including phenoxy) is 2. The Hall–Kier alpha value is -0.820. The zero-order valence-corrected chi connectivity index (χ0v) is 15.4. The molecule has 0 spiro atoms. The van der Waals surface area contributed by atoms with Crippen LogP contribution >= 0.6 is 7.82 Å². The van der Waals surface area contributed by atoms with E-state index in [9.17, 15) is 9.46 Å².